The van der Waals surface area contributed by atoms with Crippen LogP contribution in [0.3, 0.4) is 0 Å². The Morgan fingerprint density at radius 3 is 2.67 bits per heavy atom. The quantitative estimate of drug-likeness (QED) is 0.256. The predicted molar refractivity (Wildman–Crippen MR) is 152 cm³/mol. The molecule has 3 fully saturated rings. The molecule has 6 heterocycles. The molecule has 0 radical (unpaired) electrons. The van der Waals surface area contributed by atoms with Gasteiger partial charge in [-0.2, -0.15) is 9.97 Å². The van der Waals surface area contributed by atoms with Crippen LogP contribution in [-0.2, 0) is 0 Å². The number of anilines is 1. The zero-order chi connectivity index (χ0) is 29.5. The van der Waals surface area contributed by atoms with Gasteiger partial charge in [0.25, 0.3) is 0 Å². The number of nitrogens with one attached hydrogen (secondary N) is 1. The van der Waals surface area contributed by atoms with E-state index in [4.69, 9.17) is 9.72 Å². The number of piperazine rings is 1. The number of hydrogen-bond donors (Lipinski definition) is 2. The van der Waals surface area contributed by atoms with E-state index in [1.54, 1.807) is 0 Å². The molecular weight excluding hydrogens is 564 g/mol. The van der Waals surface area contributed by atoms with Gasteiger partial charge < -0.3 is 20.1 Å². The largest absolute Gasteiger partial charge is 0.508 e. The van der Waals surface area contributed by atoms with Crippen molar-refractivity contribution in [3.05, 3.63) is 60.1 Å². The van der Waals surface area contributed by atoms with Crippen LogP contribution >= 0.6 is 0 Å². The van der Waals surface area contributed by atoms with Gasteiger partial charge in [-0.25, -0.2) is 17.6 Å². The first-order chi connectivity index (χ1) is 20.8. The summed E-state index contributed by atoms with van der Waals surface area (Å²) in [7, 11) is 0. The van der Waals surface area contributed by atoms with E-state index in [1.165, 1.54) is 18.3 Å². The van der Waals surface area contributed by atoms with Crippen LogP contribution < -0.4 is 15.0 Å². The van der Waals surface area contributed by atoms with Crippen LogP contribution in [0.2, 0.25) is 0 Å². The van der Waals surface area contributed by atoms with Crippen LogP contribution in [0.4, 0.5) is 23.4 Å². The van der Waals surface area contributed by atoms with Crippen LogP contribution in [-0.4, -0.2) is 81.5 Å². The van der Waals surface area contributed by atoms with E-state index in [2.05, 4.69) is 32.3 Å². The van der Waals surface area contributed by atoms with Gasteiger partial charge in [0.05, 0.1) is 10.9 Å². The molecule has 0 spiro atoms. The molecule has 2 aromatic heterocycles. The predicted octanol–water partition coefficient (Wildman–Crippen LogP) is 4.64. The highest BCUT2D eigenvalue weighted by molar-refractivity contribution is 6.00. The fourth-order valence-electron chi connectivity index (χ4n) is 7.33. The van der Waals surface area contributed by atoms with E-state index < -0.39 is 29.2 Å². The third-order valence-electron chi connectivity index (χ3n) is 9.26. The highest BCUT2D eigenvalue weighted by Crippen LogP contribution is 2.41. The molecule has 2 bridgehead atoms. The second kappa shape index (κ2) is 9.75. The second-order valence-corrected chi connectivity index (χ2v) is 12.0. The molecule has 8 rings (SSSR count). The van der Waals surface area contributed by atoms with Crippen LogP contribution in [0.1, 0.15) is 19.3 Å². The first-order valence-electron chi connectivity index (χ1n) is 14.5. The number of benzene rings is 2. The van der Waals surface area contributed by atoms with E-state index in [9.17, 15) is 13.9 Å². The molecule has 222 valence electrons. The molecule has 0 aliphatic carbocycles. The van der Waals surface area contributed by atoms with Gasteiger partial charge in [-0.3, -0.25) is 9.88 Å². The molecule has 2 aromatic carbocycles. The Labute approximate surface area is 244 Å². The van der Waals surface area contributed by atoms with Crippen molar-refractivity contribution in [3.8, 4) is 23.0 Å². The number of phenolic OH excluding ortho intramolecular Hbond substituents is 1. The molecule has 4 unspecified atom stereocenters. The Kier molecular flexibility index (Phi) is 6.03. The number of hydrogen-bond acceptors (Lipinski definition) is 8. The lowest BCUT2D eigenvalue weighted by atomic mass is 9.95. The van der Waals surface area contributed by atoms with E-state index >= 15 is 8.78 Å². The molecule has 43 heavy (non-hydrogen) atoms. The summed E-state index contributed by atoms with van der Waals surface area (Å²) in [6.07, 6.45) is 6.74. The lowest BCUT2D eigenvalue weighted by Gasteiger charge is -2.34. The molecule has 0 amide bonds. The molecular formula is C31H28F4N6O2. The molecule has 0 saturated carbocycles. The summed E-state index contributed by atoms with van der Waals surface area (Å²) in [5.41, 5.74) is -0.973. The fourth-order valence-corrected chi connectivity index (χ4v) is 7.33. The lowest BCUT2D eigenvalue weighted by Crippen LogP contribution is -2.52. The second-order valence-electron chi connectivity index (χ2n) is 12.0. The van der Waals surface area contributed by atoms with Crippen LogP contribution in [0, 0.1) is 17.5 Å². The van der Waals surface area contributed by atoms with Gasteiger partial charge in [0, 0.05) is 55.3 Å². The summed E-state index contributed by atoms with van der Waals surface area (Å²) in [5.74, 6) is -2.98. The Morgan fingerprint density at radius 1 is 1.05 bits per heavy atom. The number of pyridine rings is 1. The number of aromatic nitrogens is 3. The first kappa shape index (κ1) is 26.6. The number of aromatic hydroxyl groups is 1. The van der Waals surface area contributed by atoms with E-state index in [0.717, 1.165) is 31.5 Å². The maximum Gasteiger partial charge on any atom is 0.319 e. The van der Waals surface area contributed by atoms with Crippen molar-refractivity contribution in [2.75, 3.05) is 37.7 Å². The molecule has 3 saturated heterocycles. The van der Waals surface area contributed by atoms with Gasteiger partial charge in [-0.05, 0) is 43.0 Å². The van der Waals surface area contributed by atoms with Crippen molar-refractivity contribution >= 4 is 27.5 Å². The number of halogens is 4. The lowest BCUT2D eigenvalue weighted by molar-refractivity contribution is 0.107. The van der Waals surface area contributed by atoms with Crippen LogP contribution in [0.15, 0.2) is 42.6 Å². The summed E-state index contributed by atoms with van der Waals surface area (Å²) in [6.45, 7) is 2.47. The van der Waals surface area contributed by atoms with Crippen LogP contribution in [0.25, 0.3) is 32.9 Å². The van der Waals surface area contributed by atoms with Gasteiger partial charge in [0.2, 0.25) is 0 Å². The summed E-state index contributed by atoms with van der Waals surface area (Å²) < 4.78 is 66.4. The third kappa shape index (κ3) is 4.29. The van der Waals surface area contributed by atoms with Gasteiger partial charge >= 0.3 is 6.01 Å². The normalized spacial score (nSPS) is 26.6. The number of nitrogens with zero attached hydrogens (tertiary/aromatic N) is 5. The van der Waals surface area contributed by atoms with E-state index in [0.29, 0.717) is 37.3 Å². The number of fused-ring (bicyclic) bond motifs is 5. The number of ether oxygens (including phenoxy) is 1. The standard InChI is InChI=1S/C31H28F4N6O2/c32-17-10-31(6-1-7-41(31)12-17)15-43-30-38-28-22(29(39-30)40-13-18-3-4-19(14-40)37-18)11-36-27(26(28)35)21-9-20(42)8-16-2-5-23(33)25(34)24(16)21/h2-5,8-9,11,17-19,37,42H,1,6-7,10,12-15H2. The average Bonchev–Trinajstić information content (AvgIpc) is 3.63. The average molecular weight is 593 g/mol. The Hall–Kier alpha value is -4.03. The minimum absolute atomic E-state index is 0.0566. The van der Waals surface area contributed by atoms with Crippen molar-refractivity contribution in [2.24, 2.45) is 0 Å². The van der Waals surface area contributed by atoms with Gasteiger partial charge in [0.1, 0.15) is 35.6 Å². The highest BCUT2D eigenvalue weighted by Gasteiger charge is 2.49. The minimum atomic E-state index is -1.17. The summed E-state index contributed by atoms with van der Waals surface area (Å²) in [5, 5.41) is 14.1. The number of rotatable bonds is 5. The summed E-state index contributed by atoms with van der Waals surface area (Å²) in [6, 6.07) is 4.81. The topological polar surface area (TPSA) is 86.6 Å². The molecule has 2 N–H and O–H groups in total. The van der Waals surface area contributed by atoms with Crippen molar-refractivity contribution in [1.82, 2.24) is 25.2 Å². The summed E-state index contributed by atoms with van der Waals surface area (Å²) >= 11 is 0. The smallest absolute Gasteiger partial charge is 0.319 e. The summed E-state index contributed by atoms with van der Waals surface area (Å²) in [4.78, 5) is 17.6. The van der Waals surface area contributed by atoms with Gasteiger partial charge in [-0.15, -0.1) is 0 Å². The van der Waals surface area contributed by atoms with Gasteiger partial charge in [0.15, 0.2) is 17.5 Å². The minimum Gasteiger partial charge on any atom is -0.508 e. The van der Waals surface area contributed by atoms with Crippen molar-refractivity contribution < 1.29 is 27.4 Å². The van der Waals surface area contributed by atoms with Crippen molar-refractivity contribution in [3.63, 3.8) is 0 Å². The SMILES string of the molecule is Oc1cc(-c2ncc3c(N4CC5C=CC(C4)N5)nc(OCC45CCCN4CC(F)C5)nc3c2F)c2c(F)c(F)ccc2c1. The van der Waals surface area contributed by atoms with E-state index in [-0.39, 0.29) is 58.0 Å². The zero-order valence-electron chi connectivity index (χ0n) is 23.0. The van der Waals surface area contributed by atoms with Crippen molar-refractivity contribution in [2.45, 2.75) is 43.1 Å². The number of alkyl halides is 1. The molecule has 8 nitrogen and oxygen atoms in total. The molecule has 4 aliphatic rings. The Bertz CT molecular complexity index is 1810. The molecule has 4 aromatic rings. The molecule has 4 aliphatic heterocycles. The third-order valence-corrected chi connectivity index (χ3v) is 9.26. The highest BCUT2D eigenvalue weighted by atomic mass is 19.2. The maximum absolute atomic E-state index is 16.5. The van der Waals surface area contributed by atoms with E-state index in [1.807, 2.05) is 4.90 Å². The zero-order valence-corrected chi connectivity index (χ0v) is 23.0. The molecule has 12 heteroatoms. The molecule has 4 atom stereocenters. The Balaban J connectivity index is 1.27. The Morgan fingerprint density at radius 2 is 1.86 bits per heavy atom. The maximum atomic E-state index is 16.5. The first-order valence-corrected chi connectivity index (χ1v) is 14.5. The van der Waals surface area contributed by atoms with Crippen molar-refractivity contribution in [1.29, 1.82) is 0 Å². The monoisotopic (exact) mass is 592 g/mol. The fraction of sp³-hybridized carbons (Fsp3) is 0.387. The number of phenols is 1. The van der Waals surface area contributed by atoms with Crippen LogP contribution in [0.5, 0.6) is 11.8 Å². The van der Waals surface area contributed by atoms with Gasteiger partial charge in [-0.1, -0.05) is 18.2 Å².